The molecule has 0 saturated carbocycles. The quantitative estimate of drug-likeness (QED) is 0.855. The number of nitrogens with zero attached hydrogens (tertiary/aromatic N) is 1. The second kappa shape index (κ2) is 6.87. The van der Waals surface area contributed by atoms with Gasteiger partial charge >= 0.3 is 0 Å². The number of nitrogens with one attached hydrogen (secondary N) is 1. The minimum absolute atomic E-state index is 0.190. The van der Waals surface area contributed by atoms with Crippen molar-refractivity contribution in [1.82, 2.24) is 5.32 Å². The average Bonchev–Trinajstić information content (AvgIpc) is 2.92. The van der Waals surface area contributed by atoms with Gasteiger partial charge in [0.05, 0.1) is 6.61 Å². The first-order valence-corrected chi connectivity index (χ1v) is 6.98. The standard InChI is InChI=1S/C15H23FN2O/c1-3-17-15(12-8-9-19-11-12)10-18(2)14-6-4-13(16)5-7-14/h4-7,12,15,17H,3,8-11H2,1-2H3. The Morgan fingerprint density at radius 3 is 2.74 bits per heavy atom. The van der Waals surface area contributed by atoms with E-state index in [-0.39, 0.29) is 5.82 Å². The molecule has 0 spiro atoms. The van der Waals surface area contributed by atoms with Crippen LogP contribution in [-0.4, -0.2) is 39.4 Å². The fourth-order valence-electron chi connectivity index (χ4n) is 2.61. The van der Waals surface area contributed by atoms with Crippen LogP contribution in [0.15, 0.2) is 24.3 Å². The van der Waals surface area contributed by atoms with Crippen LogP contribution < -0.4 is 10.2 Å². The molecule has 1 aromatic carbocycles. The third kappa shape index (κ3) is 3.91. The highest BCUT2D eigenvalue weighted by molar-refractivity contribution is 5.45. The van der Waals surface area contributed by atoms with E-state index in [1.807, 2.05) is 19.2 Å². The van der Waals surface area contributed by atoms with E-state index < -0.39 is 0 Å². The maximum atomic E-state index is 12.9. The molecule has 0 radical (unpaired) electrons. The summed E-state index contributed by atoms with van der Waals surface area (Å²) in [7, 11) is 2.05. The van der Waals surface area contributed by atoms with Crippen LogP contribution in [0.25, 0.3) is 0 Å². The van der Waals surface area contributed by atoms with Gasteiger partial charge in [-0.25, -0.2) is 4.39 Å². The molecule has 1 aromatic rings. The molecule has 19 heavy (non-hydrogen) atoms. The van der Waals surface area contributed by atoms with Crippen LogP contribution in [0.1, 0.15) is 13.3 Å². The van der Waals surface area contributed by atoms with Gasteiger partial charge in [-0.05, 0) is 37.2 Å². The molecule has 4 heteroatoms. The van der Waals surface area contributed by atoms with E-state index in [4.69, 9.17) is 4.74 Å². The molecule has 1 saturated heterocycles. The van der Waals surface area contributed by atoms with Crippen molar-refractivity contribution in [3.63, 3.8) is 0 Å². The van der Waals surface area contributed by atoms with Crippen LogP contribution in [0.5, 0.6) is 0 Å². The lowest BCUT2D eigenvalue weighted by Crippen LogP contribution is -2.45. The maximum absolute atomic E-state index is 12.9. The van der Waals surface area contributed by atoms with Gasteiger partial charge in [0.15, 0.2) is 0 Å². The maximum Gasteiger partial charge on any atom is 0.123 e. The SMILES string of the molecule is CCNC(CN(C)c1ccc(F)cc1)C1CCOC1. The molecule has 0 aromatic heterocycles. The number of rotatable bonds is 6. The number of likely N-dealkylation sites (N-methyl/N-ethyl adjacent to an activating group) is 2. The predicted octanol–water partition coefficient (Wildman–Crippen LogP) is 2.28. The molecule has 1 fully saturated rings. The molecule has 2 atom stereocenters. The highest BCUT2D eigenvalue weighted by Gasteiger charge is 2.26. The largest absolute Gasteiger partial charge is 0.381 e. The summed E-state index contributed by atoms with van der Waals surface area (Å²) in [6.07, 6.45) is 1.12. The summed E-state index contributed by atoms with van der Waals surface area (Å²) in [6.45, 7) is 5.70. The molecular weight excluding hydrogens is 243 g/mol. The number of halogens is 1. The molecule has 2 unspecified atom stereocenters. The summed E-state index contributed by atoms with van der Waals surface area (Å²) >= 11 is 0. The third-order valence-electron chi connectivity index (χ3n) is 3.74. The number of hydrogen-bond acceptors (Lipinski definition) is 3. The molecule has 2 rings (SSSR count). The summed E-state index contributed by atoms with van der Waals surface area (Å²) in [5.74, 6) is 0.382. The van der Waals surface area contributed by atoms with Crippen molar-refractivity contribution >= 4 is 5.69 Å². The van der Waals surface area contributed by atoms with Gasteiger partial charge in [0.1, 0.15) is 5.82 Å². The van der Waals surface area contributed by atoms with Crippen LogP contribution in [0.2, 0.25) is 0 Å². The van der Waals surface area contributed by atoms with E-state index in [2.05, 4.69) is 17.1 Å². The molecule has 0 amide bonds. The second-order valence-electron chi connectivity index (χ2n) is 5.14. The van der Waals surface area contributed by atoms with Crippen molar-refractivity contribution in [3.8, 4) is 0 Å². The molecular formula is C15H23FN2O. The van der Waals surface area contributed by atoms with Gasteiger partial charge in [0.2, 0.25) is 0 Å². The van der Waals surface area contributed by atoms with E-state index in [1.54, 1.807) is 0 Å². The topological polar surface area (TPSA) is 24.5 Å². The zero-order valence-electron chi connectivity index (χ0n) is 11.7. The van der Waals surface area contributed by atoms with Gasteiger partial charge in [0.25, 0.3) is 0 Å². The summed E-state index contributed by atoms with van der Waals surface area (Å²) in [5.41, 5.74) is 1.04. The fourth-order valence-corrected chi connectivity index (χ4v) is 2.61. The summed E-state index contributed by atoms with van der Waals surface area (Å²) in [6, 6.07) is 7.08. The van der Waals surface area contributed by atoms with Crippen LogP contribution in [0.3, 0.4) is 0 Å². The van der Waals surface area contributed by atoms with E-state index >= 15 is 0 Å². The Hall–Kier alpha value is -1.13. The third-order valence-corrected chi connectivity index (χ3v) is 3.74. The van der Waals surface area contributed by atoms with Crippen LogP contribution >= 0.6 is 0 Å². The minimum atomic E-state index is -0.190. The Kier molecular flexibility index (Phi) is 5.16. The Bertz CT molecular complexity index is 376. The number of benzene rings is 1. The van der Waals surface area contributed by atoms with E-state index in [9.17, 15) is 4.39 Å². The molecule has 1 N–H and O–H groups in total. The lowest BCUT2D eigenvalue weighted by Gasteiger charge is -2.29. The second-order valence-corrected chi connectivity index (χ2v) is 5.14. The van der Waals surface area contributed by atoms with Gasteiger partial charge < -0.3 is 15.0 Å². The first kappa shape index (κ1) is 14.3. The van der Waals surface area contributed by atoms with Crippen LogP contribution in [-0.2, 0) is 4.74 Å². The molecule has 1 aliphatic rings. The molecule has 0 bridgehead atoms. The summed E-state index contributed by atoms with van der Waals surface area (Å²) < 4.78 is 18.4. The van der Waals surface area contributed by atoms with Gasteiger partial charge in [-0.2, -0.15) is 0 Å². The lowest BCUT2D eigenvalue weighted by molar-refractivity contribution is 0.177. The molecule has 1 heterocycles. The first-order chi connectivity index (χ1) is 9.20. The summed E-state index contributed by atoms with van der Waals surface area (Å²) in [5, 5.41) is 3.54. The van der Waals surface area contributed by atoms with Gasteiger partial charge in [-0.15, -0.1) is 0 Å². The molecule has 3 nitrogen and oxygen atoms in total. The molecule has 0 aliphatic carbocycles. The van der Waals surface area contributed by atoms with E-state index in [0.717, 1.165) is 38.4 Å². The van der Waals surface area contributed by atoms with Gasteiger partial charge in [-0.3, -0.25) is 0 Å². The van der Waals surface area contributed by atoms with Crippen molar-refractivity contribution < 1.29 is 9.13 Å². The van der Waals surface area contributed by atoms with Crippen molar-refractivity contribution in [3.05, 3.63) is 30.1 Å². The zero-order chi connectivity index (χ0) is 13.7. The smallest absolute Gasteiger partial charge is 0.123 e. The van der Waals surface area contributed by atoms with Crippen molar-refractivity contribution in [1.29, 1.82) is 0 Å². The Balaban J connectivity index is 1.97. The van der Waals surface area contributed by atoms with Crippen molar-refractivity contribution in [2.45, 2.75) is 19.4 Å². The fraction of sp³-hybridized carbons (Fsp3) is 0.600. The monoisotopic (exact) mass is 266 g/mol. The molecule has 1 aliphatic heterocycles. The Morgan fingerprint density at radius 1 is 1.42 bits per heavy atom. The highest BCUT2D eigenvalue weighted by atomic mass is 19.1. The van der Waals surface area contributed by atoms with Gasteiger partial charge in [0, 0.05) is 37.8 Å². The van der Waals surface area contributed by atoms with Crippen LogP contribution in [0.4, 0.5) is 10.1 Å². The average molecular weight is 266 g/mol. The number of anilines is 1. The zero-order valence-corrected chi connectivity index (χ0v) is 11.7. The minimum Gasteiger partial charge on any atom is -0.381 e. The molecule has 106 valence electrons. The Labute approximate surface area is 114 Å². The number of ether oxygens (including phenoxy) is 1. The first-order valence-electron chi connectivity index (χ1n) is 6.98. The summed E-state index contributed by atoms with van der Waals surface area (Å²) in [4.78, 5) is 2.17. The normalized spacial score (nSPS) is 20.5. The van der Waals surface area contributed by atoms with Crippen molar-refractivity contribution in [2.75, 3.05) is 38.3 Å². The van der Waals surface area contributed by atoms with Crippen molar-refractivity contribution in [2.24, 2.45) is 5.92 Å². The van der Waals surface area contributed by atoms with E-state index in [0.29, 0.717) is 12.0 Å². The lowest BCUT2D eigenvalue weighted by atomic mass is 9.98. The predicted molar refractivity (Wildman–Crippen MR) is 76.1 cm³/mol. The highest BCUT2D eigenvalue weighted by Crippen LogP contribution is 2.20. The van der Waals surface area contributed by atoms with E-state index in [1.165, 1.54) is 12.1 Å². The Morgan fingerprint density at radius 2 is 2.16 bits per heavy atom. The van der Waals surface area contributed by atoms with Crippen LogP contribution in [0, 0.1) is 11.7 Å². The van der Waals surface area contributed by atoms with Gasteiger partial charge in [-0.1, -0.05) is 6.92 Å². The number of hydrogen-bond donors (Lipinski definition) is 1.